The van der Waals surface area contributed by atoms with Gasteiger partial charge in [0.1, 0.15) is 5.75 Å². The van der Waals surface area contributed by atoms with Crippen LogP contribution in [0.3, 0.4) is 0 Å². The van der Waals surface area contributed by atoms with Crippen molar-refractivity contribution in [3.05, 3.63) is 99.3 Å². The van der Waals surface area contributed by atoms with Gasteiger partial charge in [0.15, 0.2) is 17.6 Å². The third-order valence-corrected chi connectivity index (χ3v) is 6.77. The third-order valence-electron chi connectivity index (χ3n) is 4.97. The van der Waals surface area contributed by atoms with E-state index in [1.54, 1.807) is 42.5 Å². The second-order valence-corrected chi connectivity index (χ2v) is 9.80. The molecule has 1 heterocycles. The molecule has 3 aromatic carbocycles. The zero-order valence-corrected chi connectivity index (χ0v) is 21.7. The lowest BCUT2D eigenvalue weighted by molar-refractivity contribution is -0.123. The quantitative estimate of drug-likeness (QED) is 0.234. The Kier molecular flexibility index (Phi) is 8.57. The monoisotopic (exact) mass is 546 g/mol. The van der Waals surface area contributed by atoms with Crippen LogP contribution in [0.15, 0.2) is 78.0 Å². The Morgan fingerprint density at radius 3 is 2.46 bits per heavy atom. The molecule has 10 heteroatoms. The molecule has 1 unspecified atom stereocenters. The Balaban J connectivity index is 1.54. The highest BCUT2D eigenvalue weighted by atomic mass is 35.5. The maximum atomic E-state index is 12.6. The lowest BCUT2D eigenvalue weighted by Gasteiger charge is -2.17. The van der Waals surface area contributed by atoms with Crippen molar-refractivity contribution in [2.45, 2.75) is 23.9 Å². The summed E-state index contributed by atoms with van der Waals surface area (Å²) in [5.74, 6) is 1.44. The van der Waals surface area contributed by atoms with Gasteiger partial charge in [0.05, 0.1) is 16.8 Å². The van der Waals surface area contributed by atoms with Gasteiger partial charge >= 0.3 is 0 Å². The number of carbonyl (C=O) groups excluding carboxylic acids is 1. The molecule has 1 N–H and O–H groups in total. The predicted molar refractivity (Wildman–Crippen MR) is 141 cm³/mol. The zero-order chi connectivity index (χ0) is 24.8. The van der Waals surface area contributed by atoms with Crippen molar-refractivity contribution in [3.63, 3.8) is 0 Å². The number of thioether (sulfide) groups is 1. The van der Waals surface area contributed by atoms with Crippen molar-refractivity contribution in [1.29, 1.82) is 0 Å². The highest BCUT2D eigenvalue weighted by molar-refractivity contribution is 7.98. The summed E-state index contributed by atoms with van der Waals surface area (Å²) in [5, 5.41) is 13.9. The van der Waals surface area contributed by atoms with Gasteiger partial charge in [-0.25, -0.2) is 0 Å². The molecule has 0 radical (unpaired) electrons. The molecule has 1 atom stereocenters. The molecule has 1 aromatic heterocycles. The number of rotatable bonds is 9. The second-order valence-electron chi connectivity index (χ2n) is 7.58. The van der Waals surface area contributed by atoms with Crippen molar-refractivity contribution in [2.24, 2.45) is 0 Å². The van der Waals surface area contributed by atoms with Gasteiger partial charge in [0.2, 0.25) is 0 Å². The highest BCUT2D eigenvalue weighted by Gasteiger charge is 2.23. The van der Waals surface area contributed by atoms with Crippen LogP contribution in [0.5, 0.6) is 5.75 Å². The second kappa shape index (κ2) is 11.8. The first-order valence-corrected chi connectivity index (χ1v) is 12.8. The Bertz CT molecular complexity index is 1300. The molecule has 4 rings (SSSR count). The van der Waals surface area contributed by atoms with Crippen molar-refractivity contribution in [1.82, 2.24) is 20.1 Å². The molecule has 0 aliphatic carbocycles. The Labute approximate surface area is 222 Å². The minimum absolute atomic E-state index is 0.159. The van der Waals surface area contributed by atoms with Gasteiger partial charge in [-0.05, 0) is 55.0 Å². The summed E-state index contributed by atoms with van der Waals surface area (Å²) in [5.41, 5.74) is 1.78. The third kappa shape index (κ3) is 6.70. The van der Waals surface area contributed by atoms with Crippen LogP contribution in [-0.2, 0) is 10.5 Å². The smallest absolute Gasteiger partial charge is 0.258 e. The average Bonchev–Trinajstić information content (AvgIpc) is 3.28. The molecule has 0 aliphatic heterocycles. The van der Waals surface area contributed by atoms with Gasteiger partial charge in [0, 0.05) is 15.8 Å². The Morgan fingerprint density at radius 1 is 1.00 bits per heavy atom. The van der Waals surface area contributed by atoms with Crippen LogP contribution in [-0.4, -0.2) is 27.3 Å². The molecule has 1 amide bonds. The van der Waals surface area contributed by atoms with Crippen LogP contribution in [0.4, 0.5) is 0 Å². The van der Waals surface area contributed by atoms with Gasteiger partial charge in [-0.3, -0.25) is 9.36 Å². The van der Waals surface area contributed by atoms with E-state index in [0.717, 1.165) is 5.56 Å². The number of hydrogen-bond acceptors (Lipinski definition) is 5. The molecule has 180 valence electrons. The van der Waals surface area contributed by atoms with E-state index in [1.807, 2.05) is 41.8 Å². The molecule has 6 nitrogen and oxygen atoms in total. The molecular formula is C25H21Cl3N4O2S. The van der Waals surface area contributed by atoms with E-state index in [0.29, 0.717) is 43.2 Å². The number of nitrogens with zero attached hydrogens (tertiary/aromatic N) is 3. The van der Waals surface area contributed by atoms with E-state index in [2.05, 4.69) is 15.5 Å². The van der Waals surface area contributed by atoms with E-state index in [-0.39, 0.29) is 12.5 Å². The molecule has 0 saturated carbocycles. The zero-order valence-electron chi connectivity index (χ0n) is 18.6. The number of aromatic nitrogens is 3. The molecule has 0 aliphatic rings. The molecule has 0 saturated heterocycles. The van der Waals surface area contributed by atoms with Crippen LogP contribution in [0.25, 0.3) is 5.69 Å². The predicted octanol–water partition coefficient (Wildman–Crippen LogP) is 6.78. The van der Waals surface area contributed by atoms with Gasteiger partial charge in [-0.15, -0.1) is 10.2 Å². The summed E-state index contributed by atoms with van der Waals surface area (Å²) in [6.07, 6.45) is 0. The van der Waals surface area contributed by atoms with E-state index < -0.39 is 6.04 Å². The minimum Gasteiger partial charge on any atom is -0.484 e. The number of amides is 1. The Hall–Kier alpha value is -2.71. The standard InChI is InChI=1S/C25H21Cl3N4O2S/c1-16(29-23(33)14-34-20-10-7-18(26)8-11-20)24-30-31-25(35-15-17-5-3-2-4-6-17)32(24)22-13-19(27)9-12-21(22)28/h2-13,16H,14-15H2,1H3,(H,29,33). The van der Waals surface area contributed by atoms with Crippen LogP contribution < -0.4 is 10.1 Å². The van der Waals surface area contributed by atoms with E-state index in [1.165, 1.54) is 11.8 Å². The van der Waals surface area contributed by atoms with E-state index in [4.69, 9.17) is 39.5 Å². The summed E-state index contributed by atoms with van der Waals surface area (Å²) < 4.78 is 7.37. The van der Waals surface area contributed by atoms with Crippen LogP contribution in [0.1, 0.15) is 24.4 Å². The summed E-state index contributed by atoms with van der Waals surface area (Å²) in [7, 11) is 0. The number of carbonyl (C=O) groups is 1. The first-order chi connectivity index (χ1) is 16.9. The topological polar surface area (TPSA) is 69.0 Å². The number of hydrogen-bond donors (Lipinski definition) is 1. The van der Waals surface area contributed by atoms with Crippen molar-refractivity contribution < 1.29 is 9.53 Å². The Morgan fingerprint density at radius 2 is 1.71 bits per heavy atom. The summed E-state index contributed by atoms with van der Waals surface area (Å²) >= 11 is 20.2. The SMILES string of the molecule is CC(NC(=O)COc1ccc(Cl)cc1)c1nnc(SCc2ccccc2)n1-c1cc(Cl)ccc1Cl. The summed E-state index contributed by atoms with van der Waals surface area (Å²) in [6.45, 7) is 1.67. The maximum Gasteiger partial charge on any atom is 0.258 e. The molecule has 4 aromatic rings. The summed E-state index contributed by atoms with van der Waals surface area (Å²) in [4.78, 5) is 12.6. The molecule has 0 spiro atoms. The van der Waals surface area contributed by atoms with E-state index >= 15 is 0 Å². The number of nitrogens with one attached hydrogen (secondary N) is 1. The fourth-order valence-corrected chi connectivity index (χ4v) is 4.69. The fourth-order valence-electron chi connectivity index (χ4n) is 3.29. The van der Waals surface area contributed by atoms with Crippen LogP contribution >= 0.6 is 46.6 Å². The van der Waals surface area contributed by atoms with Crippen molar-refractivity contribution >= 4 is 52.5 Å². The lowest BCUT2D eigenvalue weighted by Crippen LogP contribution is -2.32. The lowest BCUT2D eigenvalue weighted by atomic mass is 10.2. The number of benzene rings is 3. The first-order valence-electron chi connectivity index (χ1n) is 10.7. The van der Waals surface area contributed by atoms with Gasteiger partial charge in [-0.2, -0.15) is 0 Å². The number of ether oxygens (including phenoxy) is 1. The minimum atomic E-state index is -0.482. The van der Waals surface area contributed by atoms with Gasteiger partial charge in [-0.1, -0.05) is 76.9 Å². The fraction of sp³-hybridized carbons (Fsp3) is 0.160. The molecule has 0 bridgehead atoms. The molecular weight excluding hydrogens is 527 g/mol. The van der Waals surface area contributed by atoms with E-state index in [9.17, 15) is 4.79 Å². The van der Waals surface area contributed by atoms with Crippen molar-refractivity contribution in [2.75, 3.05) is 6.61 Å². The summed E-state index contributed by atoms with van der Waals surface area (Å²) in [6, 6.07) is 21.5. The largest absolute Gasteiger partial charge is 0.484 e. The van der Waals surface area contributed by atoms with Crippen molar-refractivity contribution in [3.8, 4) is 11.4 Å². The average molecular weight is 548 g/mol. The highest BCUT2D eigenvalue weighted by Crippen LogP contribution is 2.32. The van der Waals surface area contributed by atoms with Gasteiger partial charge in [0.25, 0.3) is 5.91 Å². The molecule has 0 fully saturated rings. The first kappa shape index (κ1) is 25.4. The number of halogens is 3. The van der Waals surface area contributed by atoms with Gasteiger partial charge < -0.3 is 10.1 Å². The van der Waals surface area contributed by atoms with Crippen LogP contribution in [0.2, 0.25) is 15.1 Å². The maximum absolute atomic E-state index is 12.6. The van der Waals surface area contributed by atoms with Crippen LogP contribution in [0, 0.1) is 0 Å². The molecule has 35 heavy (non-hydrogen) atoms. The normalized spacial score (nSPS) is 11.8.